The molecule has 0 amide bonds. The van der Waals surface area contributed by atoms with Crippen LogP contribution in [0.5, 0.6) is 0 Å². The minimum atomic E-state index is -0.477. The summed E-state index contributed by atoms with van der Waals surface area (Å²) in [5.74, 6) is 1.00. The van der Waals surface area contributed by atoms with Crippen molar-refractivity contribution in [1.82, 2.24) is 0 Å². The van der Waals surface area contributed by atoms with E-state index in [9.17, 15) is 15.3 Å². The van der Waals surface area contributed by atoms with E-state index in [4.69, 9.17) is 0 Å². The van der Waals surface area contributed by atoms with Crippen LogP contribution in [0.25, 0.3) is 0 Å². The Morgan fingerprint density at radius 1 is 0.957 bits per heavy atom. The van der Waals surface area contributed by atoms with Gasteiger partial charge in [-0.25, -0.2) is 0 Å². The molecule has 4 fully saturated rings. The molecule has 2 bridgehead atoms. The van der Waals surface area contributed by atoms with Crippen molar-refractivity contribution in [2.45, 2.75) is 77.6 Å². The summed E-state index contributed by atoms with van der Waals surface area (Å²) in [6.45, 7) is 10.9. The summed E-state index contributed by atoms with van der Waals surface area (Å²) in [4.78, 5) is 0. The molecule has 4 aliphatic carbocycles. The monoisotopic (exact) mass is 320 g/mol. The fraction of sp³-hybridized carbons (Fsp3) is 0.900. The zero-order valence-electron chi connectivity index (χ0n) is 14.8. The highest BCUT2D eigenvalue weighted by Crippen LogP contribution is 2.71. The van der Waals surface area contributed by atoms with E-state index in [0.29, 0.717) is 18.3 Å². The normalized spacial score (nSPS) is 57.7. The topological polar surface area (TPSA) is 60.7 Å². The zero-order chi connectivity index (χ0) is 16.8. The van der Waals surface area contributed by atoms with Crippen LogP contribution < -0.4 is 0 Å². The minimum Gasteiger partial charge on any atom is -0.393 e. The predicted octanol–water partition coefficient (Wildman–Crippen LogP) is 2.89. The van der Waals surface area contributed by atoms with E-state index in [-0.39, 0.29) is 28.3 Å². The average Bonchev–Trinajstić information content (AvgIpc) is 2.57. The number of fused-ring (bicyclic) bond motifs is 3. The Labute approximate surface area is 139 Å². The highest BCUT2D eigenvalue weighted by molar-refractivity contribution is 5.28. The van der Waals surface area contributed by atoms with Gasteiger partial charge in [0.25, 0.3) is 0 Å². The van der Waals surface area contributed by atoms with Crippen LogP contribution in [-0.4, -0.2) is 33.6 Å². The number of rotatable bonds is 0. The molecule has 23 heavy (non-hydrogen) atoms. The van der Waals surface area contributed by atoms with Crippen molar-refractivity contribution in [2.75, 3.05) is 0 Å². The molecule has 4 rings (SSSR count). The van der Waals surface area contributed by atoms with Gasteiger partial charge in [0, 0.05) is 5.41 Å². The van der Waals surface area contributed by atoms with Gasteiger partial charge >= 0.3 is 0 Å². The maximum Gasteiger partial charge on any atom is 0.0810 e. The molecule has 0 saturated heterocycles. The van der Waals surface area contributed by atoms with Gasteiger partial charge in [0.15, 0.2) is 0 Å². The van der Waals surface area contributed by atoms with Crippen molar-refractivity contribution in [3.63, 3.8) is 0 Å². The lowest BCUT2D eigenvalue weighted by atomic mass is 9.40. The maximum absolute atomic E-state index is 11.1. The first kappa shape index (κ1) is 16.1. The molecule has 0 radical (unpaired) electrons. The van der Waals surface area contributed by atoms with Crippen molar-refractivity contribution in [3.8, 4) is 0 Å². The highest BCUT2D eigenvalue weighted by Gasteiger charge is 2.69. The van der Waals surface area contributed by atoms with Gasteiger partial charge in [0.2, 0.25) is 0 Å². The van der Waals surface area contributed by atoms with Gasteiger partial charge < -0.3 is 15.3 Å². The Kier molecular flexibility index (Phi) is 3.23. The Bertz CT molecular complexity index is 541. The third-order valence-electron chi connectivity index (χ3n) is 8.30. The molecular weight excluding hydrogens is 288 g/mol. The van der Waals surface area contributed by atoms with E-state index in [0.717, 1.165) is 37.7 Å². The number of aliphatic hydroxyl groups is 3. The SMILES string of the molecule is C=C1[C@@H]2CC[C@H]3[C@]4(C)C[C@H](O)CC(C)(C)[C@H]4[C@@H](O)C[C@]3(C2)[C@H]1O. The molecule has 130 valence electrons. The van der Waals surface area contributed by atoms with Gasteiger partial charge in [0.05, 0.1) is 18.3 Å². The van der Waals surface area contributed by atoms with Gasteiger partial charge in [-0.3, -0.25) is 0 Å². The second-order valence-corrected chi connectivity index (χ2v) is 10.0. The van der Waals surface area contributed by atoms with Gasteiger partial charge in [-0.15, -0.1) is 0 Å². The smallest absolute Gasteiger partial charge is 0.0810 e. The molecule has 0 aliphatic heterocycles. The van der Waals surface area contributed by atoms with Gasteiger partial charge in [0.1, 0.15) is 0 Å². The summed E-state index contributed by atoms with van der Waals surface area (Å²) in [7, 11) is 0. The van der Waals surface area contributed by atoms with E-state index in [1.807, 2.05) is 0 Å². The molecule has 0 heterocycles. The van der Waals surface area contributed by atoms with Gasteiger partial charge in [-0.1, -0.05) is 27.4 Å². The Hall–Kier alpha value is -0.380. The molecule has 0 unspecified atom stereocenters. The Balaban J connectivity index is 1.83. The van der Waals surface area contributed by atoms with E-state index < -0.39 is 12.2 Å². The maximum atomic E-state index is 11.1. The molecular formula is C20H32O3. The molecule has 0 aromatic carbocycles. The number of aliphatic hydroxyl groups excluding tert-OH is 3. The summed E-state index contributed by atoms with van der Waals surface area (Å²) >= 11 is 0. The molecule has 4 saturated carbocycles. The number of hydrogen-bond acceptors (Lipinski definition) is 3. The van der Waals surface area contributed by atoms with E-state index in [1.54, 1.807) is 0 Å². The van der Waals surface area contributed by atoms with Crippen molar-refractivity contribution < 1.29 is 15.3 Å². The zero-order valence-corrected chi connectivity index (χ0v) is 14.8. The molecule has 8 atom stereocenters. The summed E-state index contributed by atoms with van der Waals surface area (Å²) in [5, 5.41) is 32.7. The second-order valence-electron chi connectivity index (χ2n) is 10.0. The second kappa shape index (κ2) is 4.62. The van der Waals surface area contributed by atoms with Crippen molar-refractivity contribution >= 4 is 0 Å². The molecule has 0 aromatic heterocycles. The van der Waals surface area contributed by atoms with Crippen LogP contribution in [-0.2, 0) is 0 Å². The lowest BCUT2D eigenvalue weighted by Crippen LogP contribution is -2.64. The average molecular weight is 320 g/mol. The molecule has 3 heteroatoms. The van der Waals surface area contributed by atoms with Crippen LogP contribution in [0.1, 0.15) is 59.3 Å². The third-order valence-corrected chi connectivity index (χ3v) is 8.30. The summed E-state index contributed by atoms with van der Waals surface area (Å²) in [6, 6.07) is 0. The molecule has 1 spiro atoms. The van der Waals surface area contributed by atoms with Crippen LogP contribution in [0.3, 0.4) is 0 Å². The lowest BCUT2D eigenvalue weighted by Gasteiger charge is -2.66. The van der Waals surface area contributed by atoms with E-state index in [2.05, 4.69) is 27.4 Å². The fourth-order valence-electron chi connectivity index (χ4n) is 8.05. The highest BCUT2D eigenvalue weighted by atomic mass is 16.3. The minimum absolute atomic E-state index is 0.0646. The van der Waals surface area contributed by atoms with Crippen LogP contribution in [0.4, 0.5) is 0 Å². The van der Waals surface area contributed by atoms with Gasteiger partial charge in [-0.05, 0) is 72.7 Å². The molecule has 3 N–H and O–H groups in total. The molecule has 3 nitrogen and oxygen atoms in total. The van der Waals surface area contributed by atoms with Crippen molar-refractivity contribution in [1.29, 1.82) is 0 Å². The number of hydrogen-bond donors (Lipinski definition) is 3. The quantitative estimate of drug-likeness (QED) is 0.602. The third kappa shape index (κ3) is 1.88. The summed E-state index contributed by atoms with van der Waals surface area (Å²) < 4.78 is 0. The summed E-state index contributed by atoms with van der Waals surface area (Å²) in [5.41, 5.74) is 0.621. The standard InChI is InChI=1S/C20H32O3/c1-11-12-5-6-15-19(4)9-13(21)8-18(2,3)16(19)14(22)10-20(15,7-12)17(11)23/h12-17,21-23H,1,5-10H2,2-4H3/t12-,13-,14+,15+,16-,17+,19+,20+/m1/s1. The first-order valence-corrected chi connectivity index (χ1v) is 9.35. The largest absolute Gasteiger partial charge is 0.393 e. The van der Waals surface area contributed by atoms with Crippen LogP contribution in [0, 0.1) is 34.0 Å². The molecule has 0 aromatic rings. The van der Waals surface area contributed by atoms with Crippen LogP contribution in [0.15, 0.2) is 12.2 Å². The Morgan fingerprint density at radius 2 is 1.65 bits per heavy atom. The first-order valence-electron chi connectivity index (χ1n) is 9.35. The van der Waals surface area contributed by atoms with E-state index >= 15 is 0 Å². The van der Waals surface area contributed by atoms with Crippen LogP contribution >= 0.6 is 0 Å². The van der Waals surface area contributed by atoms with Crippen LogP contribution in [0.2, 0.25) is 0 Å². The predicted molar refractivity (Wildman–Crippen MR) is 89.7 cm³/mol. The lowest BCUT2D eigenvalue weighted by molar-refractivity contribution is -0.229. The Morgan fingerprint density at radius 3 is 2.35 bits per heavy atom. The fourth-order valence-corrected chi connectivity index (χ4v) is 8.05. The van der Waals surface area contributed by atoms with Gasteiger partial charge in [-0.2, -0.15) is 0 Å². The van der Waals surface area contributed by atoms with E-state index in [1.165, 1.54) is 0 Å². The van der Waals surface area contributed by atoms with Crippen molar-refractivity contribution in [2.24, 2.45) is 34.0 Å². The first-order chi connectivity index (χ1) is 10.6. The molecule has 4 aliphatic rings. The summed E-state index contributed by atoms with van der Waals surface area (Å²) in [6.07, 6.45) is 4.25. The van der Waals surface area contributed by atoms with Crippen molar-refractivity contribution in [3.05, 3.63) is 12.2 Å².